The van der Waals surface area contributed by atoms with E-state index in [4.69, 9.17) is 4.74 Å². The summed E-state index contributed by atoms with van der Waals surface area (Å²) >= 11 is 0. The molecule has 3 heteroatoms. The van der Waals surface area contributed by atoms with Gasteiger partial charge in [0.1, 0.15) is 5.75 Å². The van der Waals surface area contributed by atoms with E-state index in [1.165, 1.54) is 5.56 Å². The average molecular weight is 219 g/mol. The van der Waals surface area contributed by atoms with Gasteiger partial charge in [-0.25, -0.2) is 0 Å². The molecule has 1 fully saturated rings. The second kappa shape index (κ2) is 4.56. The zero-order chi connectivity index (χ0) is 11.5. The van der Waals surface area contributed by atoms with Crippen LogP contribution in [0.5, 0.6) is 5.75 Å². The first-order chi connectivity index (χ1) is 7.76. The Morgan fingerprint density at radius 2 is 2.06 bits per heavy atom. The Morgan fingerprint density at radius 1 is 1.38 bits per heavy atom. The average Bonchev–Trinajstić information content (AvgIpc) is 2.70. The summed E-state index contributed by atoms with van der Waals surface area (Å²) < 4.78 is 5.13. The van der Waals surface area contributed by atoms with Gasteiger partial charge in [-0.15, -0.1) is 0 Å². The molecule has 1 aromatic rings. The third-order valence-corrected chi connectivity index (χ3v) is 3.17. The zero-order valence-corrected chi connectivity index (χ0v) is 9.77. The molecule has 0 saturated carbocycles. The second-order valence-electron chi connectivity index (χ2n) is 4.01. The molecule has 1 atom stereocenters. The Morgan fingerprint density at radius 3 is 2.62 bits per heavy atom. The van der Waals surface area contributed by atoms with Crippen LogP contribution in [-0.2, 0) is 4.79 Å². The fraction of sp³-hybridized carbons (Fsp3) is 0.462. The Balaban J connectivity index is 2.20. The highest BCUT2D eigenvalue weighted by Crippen LogP contribution is 2.32. The van der Waals surface area contributed by atoms with Crippen molar-refractivity contribution in [2.24, 2.45) is 0 Å². The number of hydrogen-bond donors (Lipinski definition) is 0. The van der Waals surface area contributed by atoms with Crippen LogP contribution in [0.15, 0.2) is 24.3 Å². The molecule has 1 aromatic carbocycles. The normalized spacial score (nSPS) is 20.2. The molecule has 0 aliphatic carbocycles. The Labute approximate surface area is 96.0 Å². The summed E-state index contributed by atoms with van der Waals surface area (Å²) in [5.41, 5.74) is 1.20. The number of hydrogen-bond acceptors (Lipinski definition) is 2. The molecule has 0 spiro atoms. The minimum atomic E-state index is 0.253. The van der Waals surface area contributed by atoms with E-state index < -0.39 is 0 Å². The third kappa shape index (κ3) is 1.90. The van der Waals surface area contributed by atoms with Gasteiger partial charge in [0.25, 0.3) is 0 Å². The molecular formula is C13H17NO2. The molecule has 1 aliphatic rings. The van der Waals surface area contributed by atoms with E-state index in [9.17, 15) is 4.79 Å². The van der Waals surface area contributed by atoms with Crippen LogP contribution in [0.25, 0.3) is 0 Å². The van der Waals surface area contributed by atoms with Crippen molar-refractivity contribution in [1.82, 2.24) is 4.90 Å². The monoisotopic (exact) mass is 219 g/mol. The van der Waals surface area contributed by atoms with Crippen molar-refractivity contribution < 1.29 is 9.53 Å². The number of likely N-dealkylation sites (tertiary alicyclic amines) is 1. The number of carbonyl (C=O) groups is 1. The minimum Gasteiger partial charge on any atom is -0.497 e. The van der Waals surface area contributed by atoms with Crippen LogP contribution in [0.4, 0.5) is 0 Å². The number of benzene rings is 1. The predicted molar refractivity (Wildman–Crippen MR) is 62.4 cm³/mol. The molecule has 1 unspecified atom stereocenters. The van der Waals surface area contributed by atoms with Crippen LogP contribution >= 0.6 is 0 Å². The highest BCUT2D eigenvalue weighted by atomic mass is 16.5. The van der Waals surface area contributed by atoms with E-state index in [1.54, 1.807) is 7.11 Å². The summed E-state index contributed by atoms with van der Waals surface area (Å²) in [6.07, 6.45) is 1.60. The molecule has 16 heavy (non-hydrogen) atoms. The van der Waals surface area contributed by atoms with Crippen LogP contribution < -0.4 is 4.74 Å². The molecule has 3 nitrogen and oxygen atoms in total. The SMILES string of the molecule is CCN1C(=O)CCC1c1ccc(OC)cc1. The first-order valence-electron chi connectivity index (χ1n) is 5.69. The van der Waals surface area contributed by atoms with E-state index in [0.717, 1.165) is 18.7 Å². The molecule has 1 heterocycles. The van der Waals surface area contributed by atoms with Crippen LogP contribution in [0.3, 0.4) is 0 Å². The minimum absolute atomic E-state index is 0.253. The Bertz CT molecular complexity index is 372. The predicted octanol–water partition coefficient (Wildman–Crippen LogP) is 2.38. The molecule has 0 N–H and O–H groups in total. The second-order valence-corrected chi connectivity index (χ2v) is 4.01. The largest absolute Gasteiger partial charge is 0.497 e. The van der Waals surface area contributed by atoms with Gasteiger partial charge in [-0.2, -0.15) is 0 Å². The summed E-state index contributed by atoms with van der Waals surface area (Å²) in [7, 11) is 1.66. The van der Waals surface area contributed by atoms with E-state index in [2.05, 4.69) is 0 Å². The number of carbonyl (C=O) groups excluding carboxylic acids is 1. The molecule has 1 aliphatic heterocycles. The van der Waals surface area contributed by atoms with Gasteiger partial charge >= 0.3 is 0 Å². The molecule has 0 aromatic heterocycles. The van der Waals surface area contributed by atoms with Crippen molar-refractivity contribution in [3.8, 4) is 5.75 Å². The van der Waals surface area contributed by atoms with Gasteiger partial charge in [0, 0.05) is 13.0 Å². The fourth-order valence-electron chi connectivity index (χ4n) is 2.30. The van der Waals surface area contributed by atoms with Crippen molar-refractivity contribution in [2.45, 2.75) is 25.8 Å². The molecule has 0 radical (unpaired) electrons. The van der Waals surface area contributed by atoms with E-state index in [-0.39, 0.29) is 11.9 Å². The summed E-state index contributed by atoms with van der Waals surface area (Å²) in [5, 5.41) is 0. The van der Waals surface area contributed by atoms with Gasteiger partial charge in [0.15, 0.2) is 0 Å². The van der Waals surface area contributed by atoms with Crippen molar-refractivity contribution in [3.63, 3.8) is 0 Å². The van der Waals surface area contributed by atoms with Gasteiger partial charge in [-0.3, -0.25) is 4.79 Å². The Kier molecular flexibility index (Phi) is 3.13. The summed E-state index contributed by atoms with van der Waals surface area (Å²) in [5.74, 6) is 1.12. The molecular weight excluding hydrogens is 202 g/mol. The molecule has 1 amide bonds. The van der Waals surface area contributed by atoms with Crippen LogP contribution in [0.1, 0.15) is 31.4 Å². The standard InChI is InChI=1S/C13H17NO2/c1-3-14-12(8-9-13(14)15)10-4-6-11(16-2)7-5-10/h4-7,12H,3,8-9H2,1-2H3. The lowest BCUT2D eigenvalue weighted by atomic mass is 10.0. The van der Waals surface area contributed by atoms with Crippen LogP contribution in [0.2, 0.25) is 0 Å². The first kappa shape index (κ1) is 11.0. The highest BCUT2D eigenvalue weighted by molar-refractivity contribution is 5.79. The lowest BCUT2D eigenvalue weighted by molar-refractivity contribution is -0.128. The van der Waals surface area contributed by atoms with Crippen molar-refractivity contribution in [1.29, 1.82) is 0 Å². The molecule has 86 valence electrons. The van der Waals surface area contributed by atoms with Crippen molar-refractivity contribution in [2.75, 3.05) is 13.7 Å². The van der Waals surface area contributed by atoms with Crippen LogP contribution in [-0.4, -0.2) is 24.5 Å². The maximum absolute atomic E-state index is 11.6. The van der Waals surface area contributed by atoms with Gasteiger partial charge in [0.05, 0.1) is 13.2 Å². The topological polar surface area (TPSA) is 29.5 Å². The summed E-state index contributed by atoms with van der Waals surface area (Å²) in [6.45, 7) is 2.81. The third-order valence-electron chi connectivity index (χ3n) is 3.17. The van der Waals surface area contributed by atoms with Gasteiger partial charge in [0.2, 0.25) is 5.91 Å². The lowest BCUT2D eigenvalue weighted by Gasteiger charge is -2.23. The number of rotatable bonds is 3. The number of methoxy groups -OCH3 is 1. The van der Waals surface area contributed by atoms with E-state index >= 15 is 0 Å². The van der Waals surface area contributed by atoms with Crippen molar-refractivity contribution >= 4 is 5.91 Å². The van der Waals surface area contributed by atoms with Gasteiger partial charge < -0.3 is 9.64 Å². The molecule has 1 saturated heterocycles. The first-order valence-corrected chi connectivity index (χ1v) is 5.69. The summed E-state index contributed by atoms with van der Waals surface area (Å²) in [4.78, 5) is 13.6. The summed E-state index contributed by atoms with van der Waals surface area (Å²) in [6, 6.07) is 8.25. The van der Waals surface area contributed by atoms with Crippen molar-refractivity contribution in [3.05, 3.63) is 29.8 Å². The van der Waals surface area contributed by atoms with E-state index in [1.807, 2.05) is 36.1 Å². The number of ether oxygens (including phenoxy) is 1. The maximum Gasteiger partial charge on any atom is 0.223 e. The van der Waals surface area contributed by atoms with Crippen LogP contribution in [0, 0.1) is 0 Å². The molecule has 0 bridgehead atoms. The van der Waals surface area contributed by atoms with Gasteiger partial charge in [-0.05, 0) is 31.0 Å². The maximum atomic E-state index is 11.6. The fourth-order valence-corrected chi connectivity index (χ4v) is 2.30. The number of amides is 1. The quantitative estimate of drug-likeness (QED) is 0.781. The highest BCUT2D eigenvalue weighted by Gasteiger charge is 2.30. The van der Waals surface area contributed by atoms with E-state index in [0.29, 0.717) is 6.42 Å². The van der Waals surface area contributed by atoms with Gasteiger partial charge in [-0.1, -0.05) is 12.1 Å². The lowest BCUT2D eigenvalue weighted by Crippen LogP contribution is -2.27. The smallest absolute Gasteiger partial charge is 0.223 e. The molecule has 2 rings (SSSR count). The number of nitrogens with zero attached hydrogens (tertiary/aromatic N) is 1. The zero-order valence-electron chi connectivity index (χ0n) is 9.77. The Hall–Kier alpha value is -1.51.